The van der Waals surface area contributed by atoms with Crippen LogP contribution in [-0.2, 0) is 0 Å². The van der Waals surface area contributed by atoms with Crippen LogP contribution < -0.4 is 14.2 Å². The first-order valence-electron chi connectivity index (χ1n) is 7.34. The van der Waals surface area contributed by atoms with Crippen molar-refractivity contribution >= 4 is 11.8 Å². The van der Waals surface area contributed by atoms with Gasteiger partial charge in [-0.25, -0.2) is 0 Å². The van der Waals surface area contributed by atoms with Gasteiger partial charge < -0.3 is 14.2 Å². The van der Waals surface area contributed by atoms with Crippen LogP contribution in [0, 0.1) is 0 Å². The van der Waals surface area contributed by atoms with E-state index in [4.69, 9.17) is 14.2 Å². The number of hydrogen-bond acceptors (Lipinski definition) is 4. The van der Waals surface area contributed by atoms with Gasteiger partial charge in [0.25, 0.3) is 0 Å². The highest BCUT2D eigenvalue weighted by atomic mass is 32.2. The van der Waals surface area contributed by atoms with Crippen LogP contribution in [-0.4, -0.2) is 25.6 Å². The monoisotopic (exact) mass is 318 g/mol. The Balaban J connectivity index is 1.71. The summed E-state index contributed by atoms with van der Waals surface area (Å²) < 4.78 is 16.4. The van der Waals surface area contributed by atoms with E-state index >= 15 is 0 Å². The summed E-state index contributed by atoms with van der Waals surface area (Å²) in [7, 11) is 1.66. The molecule has 0 bridgehead atoms. The van der Waals surface area contributed by atoms with Crippen molar-refractivity contribution in [1.82, 2.24) is 0 Å². The number of methoxy groups -OCH3 is 1. The topological polar surface area (TPSA) is 27.7 Å². The van der Waals surface area contributed by atoms with Gasteiger partial charge in [-0.2, -0.15) is 0 Å². The molecule has 0 aliphatic carbocycles. The third-order valence-electron chi connectivity index (χ3n) is 2.88. The van der Waals surface area contributed by atoms with Crippen molar-refractivity contribution in [3.63, 3.8) is 0 Å². The highest BCUT2D eigenvalue weighted by molar-refractivity contribution is 7.99. The third-order valence-corrected chi connectivity index (χ3v) is 3.85. The van der Waals surface area contributed by atoms with Crippen LogP contribution in [0.2, 0.25) is 0 Å². The lowest BCUT2D eigenvalue weighted by Gasteiger charge is -2.10. The predicted molar refractivity (Wildman–Crippen MR) is 91.4 cm³/mol. The van der Waals surface area contributed by atoms with E-state index in [2.05, 4.69) is 12.1 Å². The third kappa shape index (κ3) is 5.53. The van der Waals surface area contributed by atoms with Crippen molar-refractivity contribution in [2.75, 3.05) is 19.5 Å². The standard InChI is InChI=1S/C18H22O3S/c1-14(2)21-17-8-10-18(11-9-17)22-13-12-20-16-6-4-15(19-3)5-7-16/h4-11,14H,12-13H2,1-3H3. The quantitative estimate of drug-likeness (QED) is 0.523. The van der Waals surface area contributed by atoms with Gasteiger partial charge in [-0.15, -0.1) is 11.8 Å². The van der Waals surface area contributed by atoms with E-state index in [-0.39, 0.29) is 6.10 Å². The van der Waals surface area contributed by atoms with Gasteiger partial charge in [0.15, 0.2) is 0 Å². The Morgan fingerprint density at radius 1 is 0.864 bits per heavy atom. The minimum atomic E-state index is 0.205. The summed E-state index contributed by atoms with van der Waals surface area (Å²) in [4.78, 5) is 1.22. The predicted octanol–water partition coefficient (Wildman–Crippen LogP) is 4.65. The maximum Gasteiger partial charge on any atom is 0.119 e. The molecule has 2 aromatic rings. The van der Waals surface area contributed by atoms with E-state index < -0.39 is 0 Å². The molecule has 0 fully saturated rings. The second-order valence-corrected chi connectivity index (χ2v) is 6.18. The first-order valence-corrected chi connectivity index (χ1v) is 8.32. The first-order chi connectivity index (χ1) is 10.7. The molecule has 0 atom stereocenters. The van der Waals surface area contributed by atoms with Gasteiger partial charge in [0.1, 0.15) is 17.2 Å². The molecular weight excluding hydrogens is 296 g/mol. The van der Waals surface area contributed by atoms with Crippen molar-refractivity contribution in [3.05, 3.63) is 48.5 Å². The highest BCUT2D eigenvalue weighted by Gasteiger charge is 2.00. The summed E-state index contributed by atoms with van der Waals surface area (Å²) in [6.45, 7) is 4.72. The van der Waals surface area contributed by atoms with E-state index in [1.54, 1.807) is 18.9 Å². The Labute approximate surface area is 136 Å². The Bertz CT molecular complexity index is 550. The van der Waals surface area contributed by atoms with Crippen LogP contribution in [0.4, 0.5) is 0 Å². The highest BCUT2D eigenvalue weighted by Crippen LogP contribution is 2.22. The molecule has 0 aliphatic rings. The summed E-state index contributed by atoms with van der Waals surface area (Å²) in [5.41, 5.74) is 0. The fraction of sp³-hybridized carbons (Fsp3) is 0.333. The summed E-state index contributed by atoms with van der Waals surface area (Å²) in [6.07, 6.45) is 0.205. The van der Waals surface area contributed by atoms with Gasteiger partial charge >= 0.3 is 0 Å². The second-order valence-electron chi connectivity index (χ2n) is 5.01. The van der Waals surface area contributed by atoms with E-state index in [0.29, 0.717) is 6.61 Å². The van der Waals surface area contributed by atoms with Crippen molar-refractivity contribution < 1.29 is 14.2 Å². The zero-order valence-corrected chi connectivity index (χ0v) is 14.1. The van der Waals surface area contributed by atoms with E-state index in [1.807, 2.05) is 50.2 Å². The smallest absolute Gasteiger partial charge is 0.119 e. The molecule has 0 unspecified atom stereocenters. The molecule has 0 N–H and O–H groups in total. The molecule has 0 spiro atoms. The Morgan fingerprint density at radius 3 is 2.05 bits per heavy atom. The van der Waals surface area contributed by atoms with Crippen LogP contribution in [0.1, 0.15) is 13.8 Å². The van der Waals surface area contributed by atoms with Crippen LogP contribution in [0.5, 0.6) is 17.2 Å². The van der Waals surface area contributed by atoms with Crippen LogP contribution >= 0.6 is 11.8 Å². The fourth-order valence-corrected chi connectivity index (χ4v) is 2.61. The molecule has 0 aliphatic heterocycles. The molecule has 0 saturated carbocycles. The Hall–Kier alpha value is -1.81. The maximum atomic E-state index is 5.70. The number of rotatable bonds is 8. The van der Waals surface area contributed by atoms with Crippen molar-refractivity contribution in [3.8, 4) is 17.2 Å². The lowest BCUT2D eigenvalue weighted by Crippen LogP contribution is -2.05. The molecule has 0 heterocycles. The molecule has 2 aromatic carbocycles. The molecule has 4 heteroatoms. The molecule has 2 rings (SSSR count). The normalized spacial score (nSPS) is 10.5. The molecule has 3 nitrogen and oxygen atoms in total. The average Bonchev–Trinajstić information content (AvgIpc) is 2.53. The Kier molecular flexibility index (Phi) is 6.46. The van der Waals surface area contributed by atoms with E-state index in [9.17, 15) is 0 Å². The summed E-state index contributed by atoms with van der Waals surface area (Å²) in [6, 6.07) is 15.8. The zero-order chi connectivity index (χ0) is 15.8. The zero-order valence-electron chi connectivity index (χ0n) is 13.2. The van der Waals surface area contributed by atoms with Gasteiger partial charge in [-0.05, 0) is 62.4 Å². The summed E-state index contributed by atoms with van der Waals surface area (Å²) in [5, 5.41) is 0. The largest absolute Gasteiger partial charge is 0.497 e. The number of benzene rings is 2. The Morgan fingerprint density at radius 2 is 1.45 bits per heavy atom. The minimum Gasteiger partial charge on any atom is -0.497 e. The SMILES string of the molecule is COc1ccc(OCCSc2ccc(OC(C)C)cc2)cc1. The molecule has 0 amide bonds. The van der Waals surface area contributed by atoms with Gasteiger partial charge in [0.2, 0.25) is 0 Å². The first kappa shape index (κ1) is 16.6. The minimum absolute atomic E-state index is 0.205. The lowest BCUT2D eigenvalue weighted by molar-refractivity contribution is 0.242. The van der Waals surface area contributed by atoms with Gasteiger partial charge in [-0.1, -0.05) is 0 Å². The van der Waals surface area contributed by atoms with E-state index in [0.717, 1.165) is 23.0 Å². The summed E-state index contributed by atoms with van der Waals surface area (Å²) >= 11 is 1.77. The molecule has 118 valence electrons. The molecule has 0 radical (unpaired) electrons. The molecule has 0 aromatic heterocycles. The van der Waals surface area contributed by atoms with Gasteiger partial charge in [0.05, 0.1) is 19.8 Å². The van der Waals surface area contributed by atoms with Gasteiger partial charge in [0, 0.05) is 10.6 Å². The van der Waals surface area contributed by atoms with E-state index in [1.165, 1.54) is 4.90 Å². The van der Waals surface area contributed by atoms with Crippen molar-refractivity contribution in [1.29, 1.82) is 0 Å². The van der Waals surface area contributed by atoms with Crippen LogP contribution in [0.3, 0.4) is 0 Å². The van der Waals surface area contributed by atoms with Crippen molar-refractivity contribution in [2.45, 2.75) is 24.8 Å². The van der Waals surface area contributed by atoms with Crippen molar-refractivity contribution in [2.24, 2.45) is 0 Å². The molecule has 0 saturated heterocycles. The van der Waals surface area contributed by atoms with Crippen LogP contribution in [0.25, 0.3) is 0 Å². The van der Waals surface area contributed by atoms with Gasteiger partial charge in [-0.3, -0.25) is 0 Å². The average molecular weight is 318 g/mol. The number of ether oxygens (including phenoxy) is 3. The lowest BCUT2D eigenvalue weighted by atomic mass is 10.3. The second kappa shape index (κ2) is 8.59. The summed E-state index contributed by atoms with van der Waals surface area (Å²) in [5.74, 6) is 3.51. The maximum absolute atomic E-state index is 5.70. The molecule has 22 heavy (non-hydrogen) atoms. The fourth-order valence-electron chi connectivity index (χ4n) is 1.88. The number of thioether (sulfide) groups is 1. The van der Waals surface area contributed by atoms with Crippen LogP contribution in [0.15, 0.2) is 53.4 Å². The number of hydrogen-bond donors (Lipinski definition) is 0. The molecular formula is C18H22O3S.